The lowest BCUT2D eigenvalue weighted by Gasteiger charge is -2.13. The van der Waals surface area contributed by atoms with Crippen LogP contribution in [0.25, 0.3) is 0 Å². The van der Waals surface area contributed by atoms with Gasteiger partial charge < -0.3 is 26.2 Å². The zero-order valence-corrected chi connectivity index (χ0v) is 17.8. The summed E-state index contributed by atoms with van der Waals surface area (Å²) >= 11 is 0. The Morgan fingerprint density at radius 2 is 1.91 bits per heavy atom. The molecule has 1 amide bonds. The summed E-state index contributed by atoms with van der Waals surface area (Å²) in [5, 5.41) is 5.77. The molecule has 1 heterocycles. The Balaban J connectivity index is 2.08. The van der Waals surface area contributed by atoms with Crippen molar-refractivity contribution in [2.24, 2.45) is 16.6 Å². The smallest absolute Gasteiger partial charge is 0.275 e. The number of anilines is 1. The largest absolute Gasteiger partial charge is 0.391 e. The van der Waals surface area contributed by atoms with Crippen molar-refractivity contribution < 1.29 is 26.8 Å². The van der Waals surface area contributed by atoms with E-state index in [9.17, 15) is 26.8 Å². The summed E-state index contributed by atoms with van der Waals surface area (Å²) in [4.78, 5) is 29.5. The van der Waals surface area contributed by atoms with Crippen LogP contribution in [0.1, 0.15) is 11.3 Å². The lowest BCUT2D eigenvalue weighted by Crippen LogP contribution is -2.36. The van der Waals surface area contributed by atoms with E-state index in [0.29, 0.717) is 5.69 Å². The lowest BCUT2D eigenvalue weighted by molar-refractivity contribution is -0.122. The molecular formula is C18H22F2N6O5S. The molecule has 14 heteroatoms. The summed E-state index contributed by atoms with van der Waals surface area (Å²) in [5.41, 5.74) is 9.50. The van der Waals surface area contributed by atoms with Crippen LogP contribution < -0.4 is 27.1 Å². The number of nitrogens with two attached hydrogens (primary N) is 2. The third-order valence-corrected chi connectivity index (χ3v) is 5.23. The molecule has 174 valence electrons. The summed E-state index contributed by atoms with van der Waals surface area (Å²) in [6, 6.07) is 5.37. The number of nitrogens with zero attached hydrogens (tertiary/aromatic N) is 2. The third-order valence-electron chi connectivity index (χ3n) is 3.99. The number of benzene rings is 1. The number of hydrogen-bond acceptors (Lipinski definition) is 6. The van der Waals surface area contributed by atoms with Crippen LogP contribution in [0.2, 0.25) is 0 Å². The molecule has 32 heavy (non-hydrogen) atoms. The van der Waals surface area contributed by atoms with Crippen molar-refractivity contribution in [3.05, 3.63) is 63.6 Å². The van der Waals surface area contributed by atoms with Crippen molar-refractivity contribution in [3.63, 3.8) is 0 Å². The first-order chi connectivity index (χ1) is 15.0. The van der Waals surface area contributed by atoms with Crippen molar-refractivity contribution in [2.75, 3.05) is 17.9 Å². The van der Waals surface area contributed by atoms with E-state index in [0.717, 1.165) is 22.8 Å². The number of oxime groups is 1. The van der Waals surface area contributed by atoms with Crippen LogP contribution in [0.15, 0.2) is 40.3 Å². The molecule has 0 aliphatic rings. The van der Waals surface area contributed by atoms with E-state index in [1.807, 2.05) is 0 Å². The Kier molecular flexibility index (Phi) is 8.12. The highest BCUT2D eigenvalue weighted by atomic mass is 32.2. The number of amides is 1. The zero-order valence-electron chi connectivity index (χ0n) is 17.0. The van der Waals surface area contributed by atoms with Crippen LogP contribution in [0.4, 0.5) is 14.5 Å². The number of aromatic nitrogens is 1. The van der Waals surface area contributed by atoms with Gasteiger partial charge >= 0.3 is 0 Å². The van der Waals surface area contributed by atoms with Gasteiger partial charge in [-0.1, -0.05) is 6.07 Å². The molecule has 2 rings (SSSR count). The lowest BCUT2D eigenvalue weighted by atomic mass is 10.2. The average molecular weight is 472 g/mol. The molecule has 0 atom stereocenters. The second-order valence-corrected chi connectivity index (χ2v) is 8.31. The van der Waals surface area contributed by atoms with E-state index in [4.69, 9.17) is 16.3 Å². The van der Waals surface area contributed by atoms with Crippen LogP contribution in [-0.4, -0.2) is 38.0 Å². The number of carbonyl (C=O) groups excluding carboxylic acids is 1. The molecular weight excluding hydrogens is 450 g/mol. The predicted molar refractivity (Wildman–Crippen MR) is 113 cm³/mol. The Morgan fingerprint density at radius 3 is 2.56 bits per heavy atom. The van der Waals surface area contributed by atoms with Gasteiger partial charge in [-0.3, -0.25) is 14.3 Å². The van der Waals surface area contributed by atoms with Crippen LogP contribution >= 0.6 is 0 Å². The first-order valence-corrected chi connectivity index (χ1v) is 10.8. The van der Waals surface area contributed by atoms with Crippen molar-refractivity contribution in [1.82, 2.24) is 9.88 Å². The molecule has 1 aromatic heterocycles. The molecule has 0 bridgehead atoms. The maximum absolute atomic E-state index is 13.3. The van der Waals surface area contributed by atoms with E-state index in [-0.39, 0.29) is 36.9 Å². The van der Waals surface area contributed by atoms with Crippen LogP contribution in [0.3, 0.4) is 0 Å². The molecule has 0 unspecified atom stereocenters. The highest BCUT2D eigenvalue weighted by Crippen LogP contribution is 2.14. The van der Waals surface area contributed by atoms with Crippen molar-refractivity contribution >= 4 is 27.6 Å². The fraction of sp³-hybridized carbons (Fsp3) is 0.278. The highest BCUT2D eigenvalue weighted by molar-refractivity contribution is 7.91. The summed E-state index contributed by atoms with van der Waals surface area (Å²) in [6.45, 7) is 1.23. The Morgan fingerprint density at radius 1 is 1.19 bits per heavy atom. The number of sulfonamides is 1. The van der Waals surface area contributed by atoms with E-state index in [1.54, 1.807) is 6.92 Å². The molecule has 0 spiro atoms. The van der Waals surface area contributed by atoms with Crippen LogP contribution in [0, 0.1) is 18.6 Å². The second kappa shape index (κ2) is 10.6. The van der Waals surface area contributed by atoms with Gasteiger partial charge in [-0.15, -0.1) is 0 Å². The number of pyridine rings is 1. The van der Waals surface area contributed by atoms with Crippen molar-refractivity contribution in [2.45, 2.75) is 19.2 Å². The molecule has 2 aromatic rings. The topological polar surface area (TPSA) is 171 Å². The van der Waals surface area contributed by atoms with Gasteiger partial charge in [-0.2, -0.15) is 0 Å². The van der Waals surface area contributed by atoms with Gasteiger partial charge in [0, 0.05) is 5.69 Å². The monoisotopic (exact) mass is 472 g/mol. The minimum atomic E-state index is -4.13. The number of guanidine groups is 1. The molecule has 1 aromatic carbocycles. The summed E-state index contributed by atoms with van der Waals surface area (Å²) in [6.07, 6.45) is 0. The second-order valence-electron chi connectivity index (χ2n) is 6.59. The molecule has 6 N–H and O–H groups in total. The average Bonchev–Trinajstić information content (AvgIpc) is 2.69. The minimum absolute atomic E-state index is 0.00818. The molecule has 0 fully saturated rings. The van der Waals surface area contributed by atoms with Crippen molar-refractivity contribution in [1.29, 1.82) is 0 Å². The van der Waals surface area contributed by atoms with Crippen molar-refractivity contribution in [3.8, 4) is 0 Å². The Hall–Kier alpha value is -3.68. The summed E-state index contributed by atoms with van der Waals surface area (Å²) < 4.78 is 54.3. The van der Waals surface area contributed by atoms with Gasteiger partial charge in [-0.25, -0.2) is 17.2 Å². The van der Waals surface area contributed by atoms with E-state index < -0.39 is 38.9 Å². The zero-order chi connectivity index (χ0) is 23.9. The molecule has 0 aliphatic heterocycles. The maximum atomic E-state index is 13.3. The molecule has 11 nitrogen and oxygen atoms in total. The number of carbonyl (C=O) groups is 1. The van der Waals surface area contributed by atoms with Gasteiger partial charge in [0.25, 0.3) is 5.56 Å². The Labute approximate surface area is 182 Å². The van der Waals surface area contributed by atoms with Gasteiger partial charge in [-0.05, 0) is 41.9 Å². The van der Waals surface area contributed by atoms with E-state index in [1.165, 1.54) is 12.1 Å². The summed E-state index contributed by atoms with van der Waals surface area (Å²) in [7, 11) is -4.13. The normalized spacial score (nSPS) is 11.0. The van der Waals surface area contributed by atoms with Gasteiger partial charge in [0.05, 0.1) is 12.3 Å². The number of hydrogen-bond donors (Lipinski definition) is 4. The standard InChI is InChI=1S/C18H22F2N6O5S/c1-11-2-5-15(25-32(29,30)10-12-3-4-13(19)14(20)8-12)17(28)26(11)9-16(27)23-6-7-31-24-18(21)22/h2-5,8,25H,6-7,9-10H2,1H3,(H,23,27)(H4,21,22,24). The number of nitrogens with one attached hydrogen (secondary N) is 2. The SMILES string of the molecule is Cc1ccc(NS(=O)(=O)Cc2ccc(F)c(F)c2)c(=O)n1CC(=O)NCCON=C(N)N. The predicted octanol–water partition coefficient (Wildman–Crippen LogP) is -0.302. The number of halogens is 2. The highest BCUT2D eigenvalue weighted by Gasteiger charge is 2.17. The summed E-state index contributed by atoms with van der Waals surface area (Å²) in [5.74, 6) is -3.80. The Bertz CT molecular complexity index is 1180. The molecule has 0 aliphatic carbocycles. The number of rotatable bonds is 10. The van der Waals surface area contributed by atoms with Gasteiger partial charge in [0.1, 0.15) is 18.8 Å². The molecule has 0 radical (unpaired) electrons. The first kappa shape index (κ1) is 24.6. The maximum Gasteiger partial charge on any atom is 0.275 e. The quantitative estimate of drug-likeness (QED) is 0.159. The third kappa shape index (κ3) is 7.23. The first-order valence-electron chi connectivity index (χ1n) is 9.11. The fourth-order valence-electron chi connectivity index (χ4n) is 2.55. The minimum Gasteiger partial charge on any atom is -0.391 e. The van der Waals surface area contributed by atoms with Gasteiger partial charge in [0.15, 0.2) is 11.6 Å². The van der Waals surface area contributed by atoms with E-state index >= 15 is 0 Å². The fourth-order valence-corrected chi connectivity index (χ4v) is 3.73. The molecule has 0 saturated heterocycles. The molecule has 0 saturated carbocycles. The van der Waals surface area contributed by atoms with Crippen LogP contribution in [-0.2, 0) is 32.0 Å². The van der Waals surface area contributed by atoms with E-state index in [2.05, 4.69) is 15.2 Å². The van der Waals surface area contributed by atoms with Gasteiger partial charge in [0.2, 0.25) is 21.9 Å². The number of aryl methyl sites for hydroxylation is 1. The van der Waals surface area contributed by atoms with Crippen LogP contribution in [0.5, 0.6) is 0 Å².